The van der Waals surface area contributed by atoms with Crippen LogP contribution >= 0.6 is 12.0 Å². The Labute approximate surface area is 176 Å². The summed E-state index contributed by atoms with van der Waals surface area (Å²) in [6.45, 7) is 4.79. The molecule has 1 atom stereocenters. The Kier molecular flexibility index (Phi) is 22.4. The maximum Gasteiger partial charge on any atom is 1.00 e. The van der Waals surface area contributed by atoms with Gasteiger partial charge in [-0.1, -0.05) is 52.4 Å². The number of ether oxygens (including phenoxy) is 2. The molecule has 0 saturated heterocycles. The van der Waals surface area contributed by atoms with Crippen LogP contribution < -0.4 is 34.8 Å². The second-order valence-electron chi connectivity index (χ2n) is 5.43. The first-order valence-corrected chi connectivity index (χ1v) is 9.40. The number of hydrogen-bond acceptors (Lipinski definition) is 8. The van der Waals surface area contributed by atoms with E-state index < -0.39 is 17.2 Å². The van der Waals surface area contributed by atoms with Crippen molar-refractivity contribution in [3.63, 3.8) is 0 Å². The first-order valence-electron chi connectivity index (χ1n) is 8.59. The topological polar surface area (TPSA) is 94.1 Å². The van der Waals surface area contributed by atoms with E-state index in [2.05, 4.69) is 23.2 Å². The first kappa shape index (κ1) is 27.4. The van der Waals surface area contributed by atoms with Gasteiger partial charge in [0.15, 0.2) is 0 Å². The van der Waals surface area contributed by atoms with Crippen molar-refractivity contribution in [3.8, 4) is 0 Å². The molecule has 9 heteroatoms. The molecule has 0 aliphatic rings. The van der Waals surface area contributed by atoms with Gasteiger partial charge in [-0.05, 0) is 12.8 Å². The van der Waals surface area contributed by atoms with Gasteiger partial charge in [-0.25, -0.2) is 0 Å². The van der Waals surface area contributed by atoms with Crippen LogP contribution in [0.1, 0.15) is 71.6 Å². The minimum atomic E-state index is -0.978. The van der Waals surface area contributed by atoms with Crippen LogP contribution in [0.25, 0.3) is 0 Å². The van der Waals surface area contributed by atoms with Crippen LogP contribution in [0.15, 0.2) is 0 Å². The van der Waals surface area contributed by atoms with Gasteiger partial charge in [0.1, 0.15) is 5.25 Å². The van der Waals surface area contributed by atoms with Crippen LogP contribution in [0.4, 0.5) is 0 Å². The Morgan fingerprint density at radius 2 is 1.48 bits per heavy atom. The zero-order valence-electron chi connectivity index (χ0n) is 15.6. The molecular formula is C16H29NaO7S. The summed E-state index contributed by atoms with van der Waals surface area (Å²) in [5, 5.41) is 12.2. The summed E-state index contributed by atoms with van der Waals surface area (Å²) in [6, 6.07) is 0. The van der Waals surface area contributed by atoms with E-state index in [4.69, 9.17) is 9.47 Å². The van der Waals surface area contributed by atoms with Gasteiger partial charge in [0.2, 0.25) is 0 Å². The molecule has 0 N–H and O–H groups in total. The summed E-state index contributed by atoms with van der Waals surface area (Å²) < 4.78 is 14.3. The number of unbranched alkanes of at least 4 members (excludes halogenated alkanes) is 6. The van der Waals surface area contributed by atoms with Crippen LogP contribution in [-0.2, 0) is 28.4 Å². The van der Waals surface area contributed by atoms with Crippen molar-refractivity contribution in [1.29, 1.82) is 0 Å². The van der Waals surface area contributed by atoms with Gasteiger partial charge in [-0.15, -0.1) is 0 Å². The van der Waals surface area contributed by atoms with E-state index in [9.17, 15) is 14.8 Å². The minimum Gasteiger partial charge on any atom is -0.691 e. The number of rotatable bonds is 16. The maximum absolute atomic E-state index is 11.9. The van der Waals surface area contributed by atoms with E-state index in [0.29, 0.717) is 18.6 Å². The number of carbonyl (C=O) groups is 2. The molecule has 0 spiro atoms. The van der Waals surface area contributed by atoms with Crippen molar-refractivity contribution < 1.29 is 63.2 Å². The Morgan fingerprint density at radius 1 is 0.920 bits per heavy atom. The first-order chi connectivity index (χ1) is 11.7. The molecule has 7 nitrogen and oxygen atoms in total. The molecule has 0 aliphatic heterocycles. The molecule has 0 rings (SSSR count). The summed E-state index contributed by atoms with van der Waals surface area (Å²) >= 11 is 0.464. The fourth-order valence-electron chi connectivity index (χ4n) is 1.94. The molecule has 0 heterocycles. The molecule has 0 aliphatic carbocycles. The average Bonchev–Trinajstić information content (AvgIpc) is 2.58. The van der Waals surface area contributed by atoms with E-state index in [1.807, 2.05) is 0 Å². The summed E-state index contributed by atoms with van der Waals surface area (Å²) in [6.07, 6.45) is 7.65. The Balaban J connectivity index is 0. The molecular weight excluding hydrogens is 359 g/mol. The van der Waals surface area contributed by atoms with Gasteiger partial charge in [0.25, 0.3) is 0 Å². The predicted molar refractivity (Wildman–Crippen MR) is 88.4 cm³/mol. The number of carbonyl (C=O) groups excluding carboxylic acids is 2. The van der Waals surface area contributed by atoms with Gasteiger partial charge in [0, 0.05) is 12.0 Å². The van der Waals surface area contributed by atoms with Gasteiger partial charge < -0.3 is 14.7 Å². The third-order valence-electron chi connectivity index (χ3n) is 3.30. The van der Waals surface area contributed by atoms with Crippen LogP contribution in [0, 0.1) is 0 Å². The van der Waals surface area contributed by atoms with E-state index in [1.54, 1.807) is 0 Å². The number of hydrogen-bond donors (Lipinski definition) is 0. The molecule has 0 saturated carbocycles. The van der Waals surface area contributed by atoms with Gasteiger partial charge in [-0.3, -0.25) is 14.6 Å². The molecule has 0 aromatic rings. The standard InChI is InChI=1S/C16H30O7S.Na/c1-3-5-7-9-11-20-15(17)13-14(24-23-22-19)16(18)21-12-10-8-6-4-2;/h14,19H,3-13H2,1-2H3;/q;+1/p-1. The zero-order valence-corrected chi connectivity index (χ0v) is 18.4. The molecule has 25 heavy (non-hydrogen) atoms. The molecule has 0 radical (unpaired) electrons. The summed E-state index contributed by atoms with van der Waals surface area (Å²) in [7, 11) is 0. The minimum absolute atomic E-state index is 0. The molecule has 0 aromatic carbocycles. The summed E-state index contributed by atoms with van der Waals surface area (Å²) in [5.41, 5.74) is 0. The number of esters is 2. The van der Waals surface area contributed by atoms with Crippen molar-refractivity contribution in [3.05, 3.63) is 0 Å². The summed E-state index contributed by atoms with van der Waals surface area (Å²) in [5.74, 6) is -1.14. The third kappa shape index (κ3) is 17.3. The normalized spacial score (nSPS) is 11.5. The second-order valence-corrected chi connectivity index (χ2v) is 6.33. The fourth-order valence-corrected chi connectivity index (χ4v) is 2.42. The quantitative estimate of drug-likeness (QED) is 0.0901. The molecule has 0 amide bonds. The van der Waals surface area contributed by atoms with Crippen molar-refractivity contribution in [1.82, 2.24) is 0 Å². The van der Waals surface area contributed by atoms with Gasteiger partial charge >= 0.3 is 41.5 Å². The van der Waals surface area contributed by atoms with Crippen molar-refractivity contribution in [2.45, 2.75) is 76.9 Å². The molecule has 1 unspecified atom stereocenters. The van der Waals surface area contributed by atoms with Crippen LogP contribution in [-0.4, -0.2) is 30.4 Å². The van der Waals surface area contributed by atoms with E-state index >= 15 is 0 Å². The third-order valence-corrected chi connectivity index (χ3v) is 4.03. The predicted octanol–water partition coefficient (Wildman–Crippen LogP) is -0.132. The Bertz CT molecular complexity index is 332. The average molecular weight is 388 g/mol. The Hall–Kier alpha value is 0.170. The van der Waals surface area contributed by atoms with E-state index in [-0.39, 0.29) is 42.6 Å². The molecule has 0 bridgehead atoms. The monoisotopic (exact) mass is 388 g/mol. The zero-order chi connectivity index (χ0) is 18.0. The van der Waals surface area contributed by atoms with Crippen LogP contribution in [0.3, 0.4) is 0 Å². The van der Waals surface area contributed by atoms with E-state index in [1.165, 1.54) is 0 Å². The summed E-state index contributed by atoms with van der Waals surface area (Å²) in [4.78, 5) is 23.7. The van der Waals surface area contributed by atoms with E-state index in [0.717, 1.165) is 51.4 Å². The molecule has 142 valence electrons. The molecule has 0 aromatic heterocycles. The van der Waals surface area contributed by atoms with Crippen LogP contribution in [0.5, 0.6) is 0 Å². The SMILES string of the molecule is CCCCCCOC(=O)CC(SOO[O-])C(=O)OCCCCCC.[Na+]. The second kappa shape index (κ2) is 20.5. The smallest absolute Gasteiger partial charge is 0.691 e. The van der Waals surface area contributed by atoms with Crippen LogP contribution in [0.2, 0.25) is 0 Å². The Morgan fingerprint density at radius 3 is 2.00 bits per heavy atom. The maximum atomic E-state index is 11.9. The van der Waals surface area contributed by atoms with Crippen molar-refractivity contribution in [2.75, 3.05) is 13.2 Å². The van der Waals surface area contributed by atoms with Gasteiger partial charge in [0.05, 0.1) is 19.6 Å². The largest absolute Gasteiger partial charge is 1.00 e. The molecule has 0 fully saturated rings. The van der Waals surface area contributed by atoms with Gasteiger partial charge in [-0.2, -0.15) is 4.33 Å². The van der Waals surface area contributed by atoms with Crippen molar-refractivity contribution >= 4 is 24.0 Å². The van der Waals surface area contributed by atoms with Crippen molar-refractivity contribution in [2.24, 2.45) is 0 Å². The fraction of sp³-hybridized carbons (Fsp3) is 0.875.